The second-order valence-electron chi connectivity index (χ2n) is 7.47. The summed E-state index contributed by atoms with van der Waals surface area (Å²) >= 11 is 0. The third-order valence-electron chi connectivity index (χ3n) is 4.95. The third-order valence-corrected chi connectivity index (χ3v) is 4.95. The van der Waals surface area contributed by atoms with Crippen LogP contribution < -0.4 is 25.4 Å². The molecule has 0 aromatic heterocycles. The van der Waals surface area contributed by atoms with Gasteiger partial charge in [-0.1, -0.05) is 18.2 Å². The molecule has 0 heterocycles. The lowest BCUT2D eigenvalue weighted by molar-refractivity contribution is 0.0954. The van der Waals surface area contributed by atoms with E-state index in [1.165, 1.54) is 12.8 Å². The molecule has 1 amide bonds. The molecule has 0 radical (unpaired) electrons. The van der Waals surface area contributed by atoms with Crippen molar-refractivity contribution in [3.8, 4) is 11.5 Å². The van der Waals surface area contributed by atoms with Crippen molar-refractivity contribution in [3.63, 3.8) is 0 Å². The summed E-state index contributed by atoms with van der Waals surface area (Å²) in [5, 5.41) is 9.40. The number of carbonyl (C=O) groups is 1. The number of hydrogen-bond acceptors (Lipinski definition) is 4. The maximum Gasteiger partial charge on any atom is 0.251 e. The highest BCUT2D eigenvalue weighted by Crippen LogP contribution is 2.30. The highest BCUT2D eigenvalue weighted by atomic mass is 127. The smallest absolute Gasteiger partial charge is 0.251 e. The summed E-state index contributed by atoms with van der Waals surface area (Å²) in [5.41, 5.74) is 1.66. The number of benzene rings is 2. The number of carbonyl (C=O) groups excluding carboxylic acids is 1. The van der Waals surface area contributed by atoms with E-state index >= 15 is 0 Å². The fraction of sp³-hybridized carbons (Fsp3) is 0.417. The number of halogens is 1. The number of para-hydroxylation sites is 1. The van der Waals surface area contributed by atoms with E-state index in [4.69, 9.17) is 9.47 Å². The van der Waals surface area contributed by atoms with E-state index in [0.29, 0.717) is 37.1 Å². The molecule has 1 fully saturated rings. The predicted octanol–water partition coefficient (Wildman–Crippen LogP) is 3.59. The zero-order valence-corrected chi connectivity index (χ0v) is 21.1. The molecule has 1 aliphatic rings. The Morgan fingerprint density at radius 2 is 1.75 bits per heavy atom. The molecule has 2 aromatic rings. The van der Waals surface area contributed by atoms with Crippen LogP contribution in [0.2, 0.25) is 0 Å². The second-order valence-corrected chi connectivity index (χ2v) is 7.47. The first kappa shape index (κ1) is 25.8. The molecule has 32 heavy (non-hydrogen) atoms. The number of ether oxygens (including phenoxy) is 2. The Hall–Kier alpha value is -2.49. The first-order valence-electron chi connectivity index (χ1n) is 10.8. The molecule has 7 nitrogen and oxygen atoms in total. The minimum Gasteiger partial charge on any atom is -0.497 e. The predicted molar refractivity (Wildman–Crippen MR) is 138 cm³/mol. The van der Waals surface area contributed by atoms with Gasteiger partial charge in [-0.15, -0.1) is 24.0 Å². The van der Waals surface area contributed by atoms with E-state index in [1.54, 1.807) is 31.4 Å². The Morgan fingerprint density at radius 3 is 2.44 bits per heavy atom. The van der Waals surface area contributed by atoms with Crippen molar-refractivity contribution in [3.05, 3.63) is 59.7 Å². The Kier molecular flexibility index (Phi) is 11.1. The van der Waals surface area contributed by atoms with Gasteiger partial charge in [0.1, 0.15) is 11.5 Å². The molecule has 1 saturated carbocycles. The molecule has 0 spiro atoms. The topological polar surface area (TPSA) is 84.0 Å². The van der Waals surface area contributed by atoms with Crippen LogP contribution in [0.25, 0.3) is 0 Å². The molecule has 3 rings (SSSR count). The van der Waals surface area contributed by atoms with Crippen LogP contribution in [0.3, 0.4) is 0 Å². The minimum atomic E-state index is -0.117. The highest BCUT2D eigenvalue weighted by molar-refractivity contribution is 14.0. The van der Waals surface area contributed by atoms with E-state index in [1.807, 2.05) is 31.2 Å². The van der Waals surface area contributed by atoms with Crippen LogP contribution in [0.5, 0.6) is 11.5 Å². The van der Waals surface area contributed by atoms with Crippen molar-refractivity contribution in [2.24, 2.45) is 10.9 Å². The van der Waals surface area contributed by atoms with Crippen LogP contribution >= 0.6 is 24.0 Å². The monoisotopic (exact) mass is 552 g/mol. The van der Waals surface area contributed by atoms with Crippen LogP contribution in [-0.2, 0) is 6.54 Å². The second kappa shape index (κ2) is 13.8. The van der Waals surface area contributed by atoms with Crippen molar-refractivity contribution in [1.82, 2.24) is 16.0 Å². The first-order chi connectivity index (χ1) is 15.2. The molecule has 0 atom stereocenters. The average Bonchev–Trinajstić information content (AvgIpc) is 3.64. The van der Waals surface area contributed by atoms with Crippen LogP contribution in [0.4, 0.5) is 0 Å². The summed E-state index contributed by atoms with van der Waals surface area (Å²) in [6, 6.07) is 15.1. The Morgan fingerprint density at radius 1 is 1.03 bits per heavy atom. The minimum absolute atomic E-state index is 0. The van der Waals surface area contributed by atoms with Gasteiger partial charge < -0.3 is 25.4 Å². The summed E-state index contributed by atoms with van der Waals surface area (Å²) in [5.74, 6) is 2.93. The normalized spacial score (nSPS) is 13.0. The van der Waals surface area contributed by atoms with Crippen molar-refractivity contribution < 1.29 is 14.3 Å². The van der Waals surface area contributed by atoms with Crippen LogP contribution in [0, 0.1) is 5.92 Å². The van der Waals surface area contributed by atoms with E-state index in [0.717, 1.165) is 30.2 Å². The number of methoxy groups -OCH3 is 1. The Labute approximate surface area is 207 Å². The average molecular weight is 552 g/mol. The van der Waals surface area contributed by atoms with E-state index in [2.05, 4.69) is 20.9 Å². The van der Waals surface area contributed by atoms with Gasteiger partial charge >= 0.3 is 0 Å². The molecule has 1 aliphatic carbocycles. The van der Waals surface area contributed by atoms with Gasteiger partial charge in [0.05, 0.1) is 20.3 Å². The molecule has 174 valence electrons. The van der Waals surface area contributed by atoms with E-state index in [9.17, 15) is 4.79 Å². The highest BCUT2D eigenvalue weighted by Gasteiger charge is 2.22. The summed E-state index contributed by atoms with van der Waals surface area (Å²) in [4.78, 5) is 16.9. The molecule has 2 aromatic carbocycles. The number of hydrogen-bond donors (Lipinski definition) is 3. The molecule has 0 bridgehead atoms. The number of rotatable bonds is 11. The number of amides is 1. The van der Waals surface area contributed by atoms with Gasteiger partial charge in [-0.2, -0.15) is 0 Å². The molecule has 0 saturated heterocycles. The van der Waals surface area contributed by atoms with Crippen molar-refractivity contribution in [2.45, 2.75) is 26.3 Å². The number of nitrogens with zero attached hydrogens (tertiary/aromatic N) is 1. The van der Waals surface area contributed by atoms with Gasteiger partial charge in [-0.3, -0.25) is 4.79 Å². The summed E-state index contributed by atoms with van der Waals surface area (Å²) in [6.45, 7) is 5.13. The maximum atomic E-state index is 12.2. The number of guanidine groups is 1. The van der Waals surface area contributed by atoms with Gasteiger partial charge in [0.2, 0.25) is 0 Å². The van der Waals surface area contributed by atoms with Gasteiger partial charge in [-0.25, -0.2) is 4.99 Å². The van der Waals surface area contributed by atoms with E-state index < -0.39 is 0 Å². The summed E-state index contributed by atoms with van der Waals surface area (Å²) in [6.07, 6.45) is 2.54. The Balaban J connectivity index is 0.00000363. The van der Waals surface area contributed by atoms with Gasteiger partial charge in [0, 0.05) is 30.8 Å². The maximum absolute atomic E-state index is 12.2. The molecule has 3 N–H and O–H groups in total. The lowest BCUT2D eigenvalue weighted by atomic mass is 10.2. The van der Waals surface area contributed by atoms with Crippen molar-refractivity contribution in [2.75, 3.05) is 33.4 Å². The van der Waals surface area contributed by atoms with Crippen molar-refractivity contribution >= 4 is 35.8 Å². The number of aliphatic imine (C=N–C) groups is 1. The van der Waals surface area contributed by atoms with Crippen LogP contribution in [0.15, 0.2) is 53.5 Å². The van der Waals surface area contributed by atoms with Crippen LogP contribution in [-0.4, -0.2) is 45.2 Å². The largest absolute Gasteiger partial charge is 0.497 e. The summed E-state index contributed by atoms with van der Waals surface area (Å²) < 4.78 is 11.1. The lowest BCUT2D eigenvalue weighted by Crippen LogP contribution is -2.41. The standard InChI is InChI=1S/C24H32N4O3.HI/c1-3-25-24(27-15-14-26-23(29)19-10-12-21(30-2)13-11-19)28-16-20-6-4-5-7-22(20)31-17-18-8-9-18;/h4-7,10-13,18H,3,8-9,14-17H2,1-2H3,(H,26,29)(H2,25,27,28);1H. The van der Waals surface area contributed by atoms with Crippen molar-refractivity contribution in [1.29, 1.82) is 0 Å². The molecule has 0 unspecified atom stereocenters. The quantitative estimate of drug-likeness (QED) is 0.172. The van der Waals surface area contributed by atoms with Gasteiger partial charge in [0.15, 0.2) is 5.96 Å². The van der Waals surface area contributed by atoms with Crippen LogP contribution in [0.1, 0.15) is 35.7 Å². The molecule has 0 aliphatic heterocycles. The van der Waals surface area contributed by atoms with E-state index in [-0.39, 0.29) is 29.9 Å². The zero-order chi connectivity index (χ0) is 21.9. The molecular formula is C24H33IN4O3. The fourth-order valence-corrected chi connectivity index (χ4v) is 2.97. The number of nitrogens with one attached hydrogen (secondary N) is 3. The van der Waals surface area contributed by atoms with Gasteiger partial charge in [0.25, 0.3) is 5.91 Å². The first-order valence-corrected chi connectivity index (χ1v) is 10.8. The fourth-order valence-electron chi connectivity index (χ4n) is 2.97. The molecular weight excluding hydrogens is 519 g/mol. The SMILES string of the molecule is CCNC(=NCc1ccccc1OCC1CC1)NCCNC(=O)c1ccc(OC)cc1.I. The summed E-state index contributed by atoms with van der Waals surface area (Å²) in [7, 11) is 1.60. The lowest BCUT2D eigenvalue weighted by Gasteiger charge is -2.13. The Bertz CT molecular complexity index is 870. The molecule has 8 heteroatoms. The zero-order valence-electron chi connectivity index (χ0n) is 18.7. The third kappa shape index (κ3) is 8.57. The van der Waals surface area contributed by atoms with Gasteiger partial charge in [-0.05, 0) is 56.0 Å².